The number of nitrogens with one attached hydrogen (secondary N) is 1. The number of anilines is 1. The lowest BCUT2D eigenvalue weighted by atomic mass is 9.89. The lowest BCUT2D eigenvalue weighted by Gasteiger charge is -2.38. The molecule has 7 heteroatoms. The summed E-state index contributed by atoms with van der Waals surface area (Å²) in [4.78, 5) is 27.4. The van der Waals surface area contributed by atoms with Crippen molar-refractivity contribution in [2.75, 3.05) is 5.32 Å². The van der Waals surface area contributed by atoms with Gasteiger partial charge in [0.05, 0.1) is 0 Å². The first kappa shape index (κ1) is 23.4. The van der Waals surface area contributed by atoms with Crippen LogP contribution in [0.4, 0.5) is 14.5 Å². The monoisotopic (exact) mass is 455 g/mol. The Kier molecular flexibility index (Phi) is 7.38. The molecule has 0 heterocycles. The molecule has 2 aliphatic carbocycles. The minimum atomic E-state index is -0.784. The van der Waals surface area contributed by atoms with Gasteiger partial charge in [0.2, 0.25) is 5.91 Å². The number of halogens is 2. The van der Waals surface area contributed by atoms with Crippen molar-refractivity contribution in [1.82, 2.24) is 4.90 Å². The molecule has 0 aromatic heterocycles. The summed E-state index contributed by atoms with van der Waals surface area (Å²) in [7, 11) is 0. The number of carbonyl (C=O) groups is 2. The SMILES string of the molecule is NC1CCCCC1N(Cc1ccc(NC(=O)C2CCCC2)cc1)C(=O)c1cc(F)cc(F)c1. The van der Waals surface area contributed by atoms with E-state index < -0.39 is 17.5 Å². The molecule has 0 spiro atoms. The average Bonchev–Trinajstić information content (AvgIpc) is 3.33. The van der Waals surface area contributed by atoms with E-state index in [0.717, 1.165) is 80.8 Å². The molecular weight excluding hydrogens is 424 g/mol. The Balaban J connectivity index is 1.52. The fourth-order valence-electron chi connectivity index (χ4n) is 5.03. The summed E-state index contributed by atoms with van der Waals surface area (Å²) in [5.74, 6) is -1.87. The molecule has 0 aliphatic heterocycles. The number of hydrogen-bond donors (Lipinski definition) is 2. The van der Waals surface area contributed by atoms with E-state index in [-0.39, 0.29) is 36.0 Å². The zero-order valence-electron chi connectivity index (χ0n) is 18.7. The zero-order valence-corrected chi connectivity index (χ0v) is 18.7. The van der Waals surface area contributed by atoms with E-state index in [1.807, 2.05) is 24.3 Å². The summed E-state index contributed by atoms with van der Waals surface area (Å²) in [5, 5.41) is 2.97. The number of benzene rings is 2. The highest BCUT2D eigenvalue weighted by atomic mass is 19.1. The quantitative estimate of drug-likeness (QED) is 0.643. The Morgan fingerprint density at radius 3 is 2.15 bits per heavy atom. The van der Waals surface area contributed by atoms with Gasteiger partial charge in [-0.2, -0.15) is 0 Å². The van der Waals surface area contributed by atoms with Gasteiger partial charge in [0.1, 0.15) is 11.6 Å². The van der Waals surface area contributed by atoms with Crippen LogP contribution in [-0.2, 0) is 11.3 Å². The highest BCUT2D eigenvalue weighted by Crippen LogP contribution is 2.28. The van der Waals surface area contributed by atoms with Gasteiger partial charge in [-0.15, -0.1) is 0 Å². The van der Waals surface area contributed by atoms with E-state index in [0.29, 0.717) is 0 Å². The molecule has 4 rings (SSSR count). The van der Waals surface area contributed by atoms with E-state index >= 15 is 0 Å². The maximum atomic E-state index is 13.8. The smallest absolute Gasteiger partial charge is 0.254 e. The summed E-state index contributed by atoms with van der Waals surface area (Å²) >= 11 is 0. The van der Waals surface area contributed by atoms with Crippen LogP contribution in [0.2, 0.25) is 0 Å². The number of nitrogens with two attached hydrogens (primary N) is 1. The molecule has 3 N–H and O–H groups in total. The van der Waals surface area contributed by atoms with Gasteiger partial charge in [-0.05, 0) is 55.5 Å². The first-order valence-electron chi connectivity index (χ1n) is 11.8. The Morgan fingerprint density at radius 1 is 0.909 bits per heavy atom. The summed E-state index contributed by atoms with van der Waals surface area (Å²) in [6.07, 6.45) is 7.57. The molecule has 5 nitrogen and oxygen atoms in total. The molecular formula is C26H31F2N3O2. The summed E-state index contributed by atoms with van der Waals surface area (Å²) < 4.78 is 27.6. The second-order valence-corrected chi connectivity index (χ2v) is 9.27. The Bertz CT molecular complexity index is 969. The third kappa shape index (κ3) is 5.77. The molecule has 2 saturated carbocycles. The van der Waals surface area contributed by atoms with Crippen LogP contribution in [-0.4, -0.2) is 28.8 Å². The molecule has 0 bridgehead atoms. The van der Waals surface area contributed by atoms with E-state index in [1.165, 1.54) is 0 Å². The number of carbonyl (C=O) groups excluding carboxylic acids is 2. The minimum absolute atomic E-state index is 0.0225. The third-order valence-electron chi connectivity index (χ3n) is 6.85. The molecule has 2 fully saturated rings. The fraction of sp³-hybridized carbons (Fsp3) is 0.462. The van der Waals surface area contributed by atoms with Gasteiger partial charge < -0.3 is 16.0 Å². The zero-order chi connectivity index (χ0) is 23.4. The predicted octanol–water partition coefficient (Wildman–Crippen LogP) is 5.01. The van der Waals surface area contributed by atoms with Crippen molar-refractivity contribution in [2.24, 2.45) is 11.7 Å². The van der Waals surface area contributed by atoms with Gasteiger partial charge in [0.15, 0.2) is 0 Å². The van der Waals surface area contributed by atoms with Crippen molar-refractivity contribution in [3.63, 3.8) is 0 Å². The molecule has 2 aliphatic rings. The van der Waals surface area contributed by atoms with Crippen LogP contribution >= 0.6 is 0 Å². The van der Waals surface area contributed by atoms with Crippen molar-refractivity contribution in [1.29, 1.82) is 0 Å². The average molecular weight is 456 g/mol. The second kappa shape index (κ2) is 10.4. The van der Waals surface area contributed by atoms with Crippen LogP contribution in [0.5, 0.6) is 0 Å². The molecule has 176 valence electrons. The lowest BCUT2D eigenvalue weighted by molar-refractivity contribution is -0.119. The van der Waals surface area contributed by atoms with Gasteiger partial charge in [0.25, 0.3) is 5.91 Å². The lowest BCUT2D eigenvalue weighted by Crippen LogP contribution is -2.51. The molecule has 2 unspecified atom stereocenters. The van der Waals surface area contributed by atoms with Crippen LogP contribution in [0, 0.1) is 17.6 Å². The number of hydrogen-bond acceptors (Lipinski definition) is 3. The van der Waals surface area contributed by atoms with Crippen molar-refractivity contribution >= 4 is 17.5 Å². The van der Waals surface area contributed by atoms with E-state index in [9.17, 15) is 18.4 Å². The predicted molar refractivity (Wildman–Crippen MR) is 123 cm³/mol. The standard InChI is InChI=1S/C26H31F2N3O2/c27-20-13-19(14-21(28)15-20)26(33)31(24-8-4-3-7-23(24)29)16-17-9-11-22(12-10-17)30-25(32)18-5-1-2-6-18/h9-15,18,23-24H,1-8,16,29H2,(H,30,32). The Hall–Kier alpha value is -2.80. The second-order valence-electron chi connectivity index (χ2n) is 9.27. The Morgan fingerprint density at radius 2 is 1.52 bits per heavy atom. The first-order valence-corrected chi connectivity index (χ1v) is 11.8. The van der Waals surface area contributed by atoms with Crippen molar-refractivity contribution < 1.29 is 18.4 Å². The van der Waals surface area contributed by atoms with Gasteiger partial charge in [-0.1, -0.05) is 37.8 Å². The van der Waals surface area contributed by atoms with E-state index in [1.54, 1.807) is 4.90 Å². The highest BCUT2D eigenvalue weighted by Gasteiger charge is 2.32. The maximum absolute atomic E-state index is 13.8. The topological polar surface area (TPSA) is 75.4 Å². The summed E-state index contributed by atoms with van der Waals surface area (Å²) in [5.41, 5.74) is 7.91. The summed E-state index contributed by atoms with van der Waals surface area (Å²) in [6.45, 7) is 0.270. The number of rotatable bonds is 6. The molecule has 33 heavy (non-hydrogen) atoms. The molecule has 2 aromatic rings. The van der Waals surface area contributed by atoms with Crippen LogP contribution < -0.4 is 11.1 Å². The summed E-state index contributed by atoms with van der Waals surface area (Å²) in [6, 6.07) is 9.87. The molecule has 2 amide bonds. The van der Waals surface area contributed by atoms with Crippen LogP contribution in [0.3, 0.4) is 0 Å². The number of nitrogens with zero attached hydrogens (tertiary/aromatic N) is 1. The van der Waals surface area contributed by atoms with Crippen molar-refractivity contribution in [2.45, 2.75) is 70.0 Å². The first-order chi connectivity index (χ1) is 15.9. The van der Waals surface area contributed by atoms with Crippen LogP contribution in [0.25, 0.3) is 0 Å². The minimum Gasteiger partial charge on any atom is -0.330 e. The van der Waals surface area contributed by atoms with Gasteiger partial charge in [0, 0.05) is 41.9 Å². The largest absolute Gasteiger partial charge is 0.330 e. The van der Waals surface area contributed by atoms with Gasteiger partial charge in [-0.3, -0.25) is 9.59 Å². The molecule has 0 radical (unpaired) electrons. The molecule has 2 atom stereocenters. The van der Waals surface area contributed by atoms with Crippen LogP contribution in [0.1, 0.15) is 67.3 Å². The maximum Gasteiger partial charge on any atom is 0.254 e. The molecule has 2 aromatic carbocycles. The van der Waals surface area contributed by atoms with Gasteiger partial charge >= 0.3 is 0 Å². The normalized spacial score (nSPS) is 21.1. The van der Waals surface area contributed by atoms with Crippen molar-refractivity contribution in [3.05, 3.63) is 65.2 Å². The fourth-order valence-corrected chi connectivity index (χ4v) is 5.03. The third-order valence-corrected chi connectivity index (χ3v) is 6.85. The van der Waals surface area contributed by atoms with E-state index in [4.69, 9.17) is 5.73 Å². The van der Waals surface area contributed by atoms with Gasteiger partial charge in [-0.25, -0.2) is 8.78 Å². The van der Waals surface area contributed by atoms with E-state index in [2.05, 4.69) is 5.32 Å². The highest BCUT2D eigenvalue weighted by molar-refractivity contribution is 5.94. The van der Waals surface area contributed by atoms with Crippen LogP contribution in [0.15, 0.2) is 42.5 Å². The number of amides is 2. The van der Waals surface area contributed by atoms with Crippen molar-refractivity contribution in [3.8, 4) is 0 Å². The Labute approximate surface area is 193 Å². The molecule has 0 saturated heterocycles.